The number of hydrogen-bond acceptors (Lipinski definition) is 4. The maximum Gasteiger partial charge on any atom is 0.345 e. The molecule has 0 saturated carbocycles. The quantitative estimate of drug-likeness (QED) is 0.871. The molecule has 106 valence electrons. The summed E-state index contributed by atoms with van der Waals surface area (Å²) in [7, 11) is 0. The summed E-state index contributed by atoms with van der Waals surface area (Å²) in [6, 6.07) is 1.80. The molecule has 2 N–H and O–H groups in total. The largest absolute Gasteiger partial charge is 0.477 e. The number of aliphatic hydroxyl groups excluding tert-OH is 1. The second-order valence-electron chi connectivity index (χ2n) is 5.25. The van der Waals surface area contributed by atoms with Crippen LogP contribution >= 0.6 is 11.3 Å². The van der Waals surface area contributed by atoms with E-state index in [9.17, 15) is 4.79 Å². The second kappa shape index (κ2) is 6.50. The number of nitrogens with zero attached hydrogens (tertiary/aromatic N) is 1. The van der Waals surface area contributed by atoms with Gasteiger partial charge in [0.05, 0.1) is 0 Å². The van der Waals surface area contributed by atoms with Gasteiger partial charge in [-0.25, -0.2) is 4.79 Å². The van der Waals surface area contributed by atoms with Crippen molar-refractivity contribution in [3.63, 3.8) is 0 Å². The normalized spacial score (nSPS) is 20.6. The minimum absolute atomic E-state index is 0.263. The van der Waals surface area contributed by atoms with Gasteiger partial charge in [-0.2, -0.15) is 0 Å². The molecule has 0 amide bonds. The fourth-order valence-corrected chi connectivity index (χ4v) is 3.61. The lowest BCUT2D eigenvalue weighted by Gasteiger charge is -2.32. The van der Waals surface area contributed by atoms with Crippen LogP contribution in [0.4, 0.5) is 0 Å². The zero-order valence-electron chi connectivity index (χ0n) is 11.3. The Bertz CT molecular complexity index is 442. The lowest BCUT2D eigenvalue weighted by atomic mass is 9.95. The molecule has 1 aliphatic rings. The molecule has 1 unspecified atom stereocenters. The standard InChI is InChI=1S/C14H21NO3S/c1-10-12(7-13(19-10)14(17)18)9-15-5-2-3-11(8-15)4-6-16/h7,11,16H,2-6,8-9H2,1H3,(H,17,18). The Morgan fingerprint density at radius 1 is 1.58 bits per heavy atom. The van der Waals surface area contributed by atoms with Crippen molar-refractivity contribution in [2.75, 3.05) is 19.7 Å². The molecule has 1 atom stereocenters. The highest BCUT2D eigenvalue weighted by atomic mass is 32.1. The maximum atomic E-state index is 11.0. The number of carboxylic acid groups (broad SMARTS) is 1. The Morgan fingerprint density at radius 2 is 2.37 bits per heavy atom. The Morgan fingerprint density at radius 3 is 3.00 bits per heavy atom. The summed E-state index contributed by atoms with van der Waals surface area (Å²) >= 11 is 1.36. The monoisotopic (exact) mass is 283 g/mol. The molecule has 2 rings (SSSR count). The van der Waals surface area contributed by atoms with Crippen LogP contribution in [0.5, 0.6) is 0 Å². The first-order valence-electron chi connectivity index (χ1n) is 6.76. The van der Waals surface area contributed by atoms with Crippen molar-refractivity contribution in [3.05, 3.63) is 21.4 Å². The molecule has 2 heterocycles. The van der Waals surface area contributed by atoms with Gasteiger partial charge in [-0.15, -0.1) is 11.3 Å². The van der Waals surface area contributed by atoms with E-state index >= 15 is 0 Å². The van der Waals surface area contributed by atoms with Crippen molar-refractivity contribution in [2.45, 2.75) is 32.7 Å². The molecule has 0 aromatic carbocycles. The average molecular weight is 283 g/mol. The molecule has 1 saturated heterocycles. The van der Waals surface area contributed by atoms with Crippen molar-refractivity contribution >= 4 is 17.3 Å². The number of carbonyl (C=O) groups is 1. The summed E-state index contributed by atoms with van der Waals surface area (Å²) in [6.07, 6.45) is 3.24. The maximum absolute atomic E-state index is 11.0. The van der Waals surface area contributed by atoms with E-state index in [4.69, 9.17) is 10.2 Å². The van der Waals surface area contributed by atoms with E-state index in [1.165, 1.54) is 24.2 Å². The van der Waals surface area contributed by atoms with E-state index in [1.54, 1.807) is 6.07 Å². The minimum Gasteiger partial charge on any atom is -0.477 e. The zero-order valence-corrected chi connectivity index (χ0v) is 12.1. The first-order valence-corrected chi connectivity index (χ1v) is 7.57. The van der Waals surface area contributed by atoms with E-state index in [0.29, 0.717) is 10.8 Å². The van der Waals surface area contributed by atoms with E-state index in [-0.39, 0.29) is 6.61 Å². The van der Waals surface area contributed by atoms with Crippen molar-refractivity contribution in [3.8, 4) is 0 Å². The van der Waals surface area contributed by atoms with Crippen LogP contribution in [-0.4, -0.2) is 40.8 Å². The molecule has 0 bridgehead atoms. The van der Waals surface area contributed by atoms with E-state index in [1.807, 2.05) is 6.92 Å². The lowest BCUT2D eigenvalue weighted by Crippen LogP contribution is -2.35. The number of aliphatic hydroxyl groups is 1. The summed E-state index contributed by atoms with van der Waals surface area (Å²) < 4.78 is 0. The number of piperidine rings is 1. The van der Waals surface area contributed by atoms with Crippen LogP contribution in [0.1, 0.15) is 39.4 Å². The third kappa shape index (κ3) is 3.78. The topological polar surface area (TPSA) is 60.8 Å². The molecule has 1 aromatic rings. The van der Waals surface area contributed by atoms with Gasteiger partial charge in [0, 0.05) is 24.6 Å². The zero-order chi connectivity index (χ0) is 13.8. The summed E-state index contributed by atoms with van der Waals surface area (Å²) in [5, 5.41) is 18.0. The molecular formula is C14H21NO3S. The molecule has 0 radical (unpaired) electrons. The fraction of sp³-hybridized carbons (Fsp3) is 0.643. The molecule has 1 aliphatic heterocycles. The number of carboxylic acids is 1. The van der Waals surface area contributed by atoms with Crippen LogP contribution in [0.25, 0.3) is 0 Å². The van der Waals surface area contributed by atoms with E-state index in [2.05, 4.69) is 4.90 Å². The third-order valence-electron chi connectivity index (χ3n) is 3.77. The van der Waals surface area contributed by atoms with Crippen molar-refractivity contribution in [1.29, 1.82) is 0 Å². The number of aromatic carboxylic acids is 1. The Hall–Kier alpha value is -0.910. The number of thiophene rings is 1. The van der Waals surface area contributed by atoms with Crippen molar-refractivity contribution in [2.24, 2.45) is 5.92 Å². The highest BCUT2D eigenvalue weighted by Gasteiger charge is 2.21. The number of aryl methyl sites for hydroxylation is 1. The van der Waals surface area contributed by atoms with Gasteiger partial charge in [0.1, 0.15) is 4.88 Å². The van der Waals surface area contributed by atoms with Gasteiger partial charge in [-0.3, -0.25) is 4.90 Å². The SMILES string of the molecule is Cc1sc(C(=O)O)cc1CN1CCCC(CCO)C1. The van der Waals surface area contributed by atoms with Crippen LogP contribution in [0.15, 0.2) is 6.07 Å². The molecule has 5 heteroatoms. The van der Waals surface area contributed by atoms with Gasteiger partial charge in [0.15, 0.2) is 0 Å². The van der Waals surface area contributed by atoms with Crippen molar-refractivity contribution in [1.82, 2.24) is 4.90 Å². The molecule has 0 aliphatic carbocycles. The highest BCUT2D eigenvalue weighted by Crippen LogP contribution is 2.26. The van der Waals surface area contributed by atoms with Gasteiger partial charge >= 0.3 is 5.97 Å². The first kappa shape index (κ1) is 14.5. The average Bonchev–Trinajstić information content (AvgIpc) is 2.72. The van der Waals surface area contributed by atoms with Crippen LogP contribution in [0, 0.1) is 12.8 Å². The molecule has 19 heavy (non-hydrogen) atoms. The van der Waals surface area contributed by atoms with Gasteiger partial charge in [0.25, 0.3) is 0 Å². The van der Waals surface area contributed by atoms with Crippen molar-refractivity contribution < 1.29 is 15.0 Å². The smallest absolute Gasteiger partial charge is 0.345 e. The number of rotatable bonds is 5. The lowest BCUT2D eigenvalue weighted by molar-refractivity contribution is 0.0702. The molecule has 4 nitrogen and oxygen atoms in total. The predicted molar refractivity (Wildman–Crippen MR) is 75.7 cm³/mol. The Kier molecular flexibility index (Phi) is 4.96. The highest BCUT2D eigenvalue weighted by molar-refractivity contribution is 7.14. The van der Waals surface area contributed by atoms with E-state index in [0.717, 1.165) is 36.5 Å². The molecule has 1 aromatic heterocycles. The predicted octanol–water partition coefficient (Wildman–Crippen LogP) is 2.35. The van der Waals surface area contributed by atoms with Crippen LogP contribution < -0.4 is 0 Å². The van der Waals surface area contributed by atoms with Crippen LogP contribution in [0.2, 0.25) is 0 Å². The minimum atomic E-state index is -0.837. The Labute approximate surface area is 117 Å². The molecular weight excluding hydrogens is 262 g/mol. The first-order chi connectivity index (χ1) is 9.10. The summed E-state index contributed by atoms with van der Waals surface area (Å²) in [4.78, 5) is 14.9. The van der Waals surface area contributed by atoms with Gasteiger partial charge < -0.3 is 10.2 Å². The van der Waals surface area contributed by atoms with Gasteiger partial charge in [0.2, 0.25) is 0 Å². The fourth-order valence-electron chi connectivity index (χ4n) is 2.74. The summed E-state index contributed by atoms with van der Waals surface area (Å²) in [5.74, 6) is -0.257. The third-order valence-corrected chi connectivity index (χ3v) is 4.85. The number of hydrogen-bond donors (Lipinski definition) is 2. The second-order valence-corrected chi connectivity index (χ2v) is 6.51. The van der Waals surface area contributed by atoms with Gasteiger partial charge in [-0.1, -0.05) is 0 Å². The van der Waals surface area contributed by atoms with Gasteiger partial charge in [-0.05, 0) is 50.3 Å². The van der Waals surface area contributed by atoms with E-state index < -0.39 is 5.97 Å². The summed E-state index contributed by atoms with van der Waals surface area (Å²) in [5.41, 5.74) is 1.13. The van der Waals surface area contributed by atoms with Crippen LogP contribution in [0.3, 0.4) is 0 Å². The molecule has 1 fully saturated rings. The van der Waals surface area contributed by atoms with Crippen LogP contribution in [-0.2, 0) is 6.54 Å². The Balaban J connectivity index is 1.98. The summed E-state index contributed by atoms with van der Waals surface area (Å²) in [6.45, 7) is 5.16. The molecule has 0 spiro atoms. The number of likely N-dealkylation sites (tertiary alicyclic amines) is 1.